The van der Waals surface area contributed by atoms with Crippen LogP contribution in [0.2, 0.25) is 0 Å². The van der Waals surface area contributed by atoms with Crippen LogP contribution in [0.3, 0.4) is 0 Å². The minimum absolute atomic E-state index is 0.150. The van der Waals surface area contributed by atoms with Gasteiger partial charge in [-0.2, -0.15) is 0 Å². The molecule has 6 nitrogen and oxygen atoms in total. The molecule has 2 amide bonds. The third-order valence-electron chi connectivity index (χ3n) is 3.09. The highest BCUT2D eigenvalue weighted by molar-refractivity contribution is 5.89. The molecule has 0 aromatic heterocycles. The molecule has 1 saturated heterocycles. The standard InChI is InChI=1S/C13H16F3N3O3/c14-13(15,16)22-9-3-1-2-8(6-9)18-12(21)19-10-7-17-5-4-11(10)20/h1-3,6,10-11,17,20H,4-5,7H2,(H2,18,19,21). The molecule has 9 heteroatoms. The van der Waals surface area contributed by atoms with Crippen molar-refractivity contribution in [1.82, 2.24) is 10.6 Å². The molecule has 122 valence electrons. The number of rotatable bonds is 3. The average Bonchev–Trinajstić information content (AvgIpc) is 2.40. The van der Waals surface area contributed by atoms with Gasteiger partial charge >= 0.3 is 12.4 Å². The van der Waals surface area contributed by atoms with Gasteiger partial charge in [0.05, 0.1) is 12.1 Å². The second-order valence-electron chi connectivity index (χ2n) is 4.84. The molecule has 1 heterocycles. The van der Waals surface area contributed by atoms with Crippen LogP contribution in [0.25, 0.3) is 0 Å². The highest BCUT2D eigenvalue weighted by atomic mass is 19.4. The molecule has 0 radical (unpaired) electrons. The number of hydrogen-bond donors (Lipinski definition) is 4. The number of benzene rings is 1. The summed E-state index contributed by atoms with van der Waals surface area (Å²) >= 11 is 0. The lowest BCUT2D eigenvalue weighted by Crippen LogP contribution is -2.54. The average molecular weight is 319 g/mol. The van der Waals surface area contributed by atoms with Crippen LogP contribution in [-0.4, -0.2) is 42.7 Å². The van der Waals surface area contributed by atoms with Crippen LogP contribution in [0, 0.1) is 0 Å². The number of nitrogens with one attached hydrogen (secondary N) is 3. The maximum atomic E-state index is 12.1. The lowest BCUT2D eigenvalue weighted by atomic mass is 10.0. The number of aliphatic hydroxyl groups is 1. The summed E-state index contributed by atoms with van der Waals surface area (Å²) in [4.78, 5) is 11.8. The molecule has 0 aliphatic carbocycles. The first-order valence-electron chi connectivity index (χ1n) is 6.65. The number of ether oxygens (including phenoxy) is 1. The molecule has 0 bridgehead atoms. The summed E-state index contributed by atoms with van der Waals surface area (Å²) in [5, 5.41) is 17.7. The van der Waals surface area contributed by atoms with Crippen LogP contribution in [-0.2, 0) is 0 Å². The summed E-state index contributed by atoms with van der Waals surface area (Å²) in [5.74, 6) is -0.426. The van der Waals surface area contributed by atoms with Gasteiger partial charge in [0.25, 0.3) is 0 Å². The summed E-state index contributed by atoms with van der Waals surface area (Å²) in [6.07, 6.45) is -4.94. The molecule has 22 heavy (non-hydrogen) atoms. The number of urea groups is 1. The van der Waals surface area contributed by atoms with Gasteiger partial charge in [-0.25, -0.2) is 4.79 Å². The van der Waals surface area contributed by atoms with Crippen molar-refractivity contribution < 1.29 is 27.8 Å². The normalized spacial score (nSPS) is 22.0. The van der Waals surface area contributed by atoms with Gasteiger partial charge in [0.15, 0.2) is 0 Å². The van der Waals surface area contributed by atoms with Gasteiger partial charge in [-0.05, 0) is 25.1 Å². The number of amides is 2. The van der Waals surface area contributed by atoms with Crippen LogP contribution in [0.5, 0.6) is 5.75 Å². The number of carbonyl (C=O) groups excluding carboxylic acids is 1. The summed E-state index contributed by atoms with van der Waals surface area (Å²) in [6, 6.07) is 3.88. The molecule has 1 aromatic rings. The molecule has 1 fully saturated rings. The number of carbonyl (C=O) groups is 1. The van der Waals surface area contributed by atoms with Crippen LogP contribution in [0.15, 0.2) is 24.3 Å². The van der Waals surface area contributed by atoms with E-state index in [0.29, 0.717) is 19.5 Å². The van der Waals surface area contributed by atoms with E-state index in [1.54, 1.807) is 0 Å². The van der Waals surface area contributed by atoms with Crippen molar-refractivity contribution in [3.8, 4) is 5.75 Å². The first-order chi connectivity index (χ1) is 10.3. The van der Waals surface area contributed by atoms with Crippen molar-refractivity contribution in [3.63, 3.8) is 0 Å². The Morgan fingerprint density at radius 2 is 2.18 bits per heavy atom. The van der Waals surface area contributed by atoms with Gasteiger partial charge < -0.3 is 25.8 Å². The Labute approximate surface area is 124 Å². The number of aliphatic hydroxyl groups excluding tert-OH is 1. The van der Waals surface area contributed by atoms with Crippen LogP contribution in [0.1, 0.15) is 6.42 Å². The van der Waals surface area contributed by atoms with Crippen molar-refractivity contribution in [2.45, 2.75) is 24.9 Å². The molecule has 0 saturated carbocycles. The first-order valence-corrected chi connectivity index (χ1v) is 6.65. The first kappa shape index (κ1) is 16.4. The predicted molar refractivity (Wildman–Crippen MR) is 72.6 cm³/mol. The summed E-state index contributed by atoms with van der Waals surface area (Å²) < 4.78 is 40.2. The van der Waals surface area contributed by atoms with E-state index in [2.05, 4.69) is 20.7 Å². The van der Waals surface area contributed by atoms with Crippen LogP contribution in [0.4, 0.5) is 23.7 Å². The number of halogens is 3. The Morgan fingerprint density at radius 3 is 2.86 bits per heavy atom. The third-order valence-corrected chi connectivity index (χ3v) is 3.09. The SMILES string of the molecule is O=C(Nc1cccc(OC(F)(F)F)c1)NC1CNCCC1O. The van der Waals surface area contributed by atoms with Crippen molar-refractivity contribution in [3.05, 3.63) is 24.3 Å². The molecule has 2 unspecified atom stereocenters. The number of anilines is 1. The summed E-state index contributed by atoms with van der Waals surface area (Å²) in [6.45, 7) is 1.09. The van der Waals surface area contributed by atoms with E-state index in [-0.39, 0.29) is 5.69 Å². The number of alkyl halides is 3. The molecular formula is C13H16F3N3O3. The Hall–Kier alpha value is -2.00. The molecular weight excluding hydrogens is 303 g/mol. The van der Waals surface area contributed by atoms with Gasteiger partial charge in [-0.15, -0.1) is 13.2 Å². The number of hydrogen-bond acceptors (Lipinski definition) is 4. The van der Waals surface area contributed by atoms with Crippen molar-refractivity contribution >= 4 is 11.7 Å². The molecule has 2 rings (SSSR count). The Bertz CT molecular complexity index is 525. The monoisotopic (exact) mass is 319 g/mol. The molecule has 4 N–H and O–H groups in total. The Balaban J connectivity index is 1.92. The topological polar surface area (TPSA) is 82.6 Å². The zero-order valence-corrected chi connectivity index (χ0v) is 11.5. The second kappa shape index (κ2) is 6.84. The van der Waals surface area contributed by atoms with Crippen molar-refractivity contribution in [2.24, 2.45) is 0 Å². The van der Waals surface area contributed by atoms with Crippen LogP contribution < -0.4 is 20.7 Å². The van der Waals surface area contributed by atoms with E-state index < -0.39 is 30.3 Å². The van der Waals surface area contributed by atoms with E-state index >= 15 is 0 Å². The summed E-state index contributed by atoms with van der Waals surface area (Å²) in [5.41, 5.74) is 0.150. The van der Waals surface area contributed by atoms with Gasteiger partial charge in [0.2, 0.25) is 0 Å². The lowest BCUT2D eigenvalue weighted by molar-refractivity contribution is -0.274. The zero-order valence-electron chi connectivity index (χ0n) is 11.5. The molecule has 1 aliphatic rings. The quantitative estimate of drug-likeness (QED) is 0.679. The van der Waals surface area contributed by atoms with E-state index in [1.165, 1.54) is 12.1 Å². The smallest absolute Gasteiger partial charge is 0.406 e. The predicted octanol–water partition coefficient (Wildman–Crippen LogP) is 1.43. The van der Waals surface area contributed by atoms with Gasteiger partial charge in [0, 0.05) is 18.3 Å². The largest absolute Gasteiger partial charge is 0.573 e. The molecule has 1 aliphatic heterocycles. The van der Waals surface area contributed by atoms with E-state index in [0.717, 1.165) is 12.1 Å². The molecule has 0 spiro atoms. The Kier molecular flexibility index (Phi) is 5.09. The number of piperidine rings is 1. The Morgan fingerprint density at radius 1 is 1.41 bits per heavy atom. The van der Waals surface area contributed by atoms with E-state index in [9.17, 15) is 23.1 Å². The highest BCUT2D eigenvalue weighted by Crippen LogP contribution is 2.24. The minimum Gasteiger partial charge on any atom is -0.406 e. The van der Waals surface area contributed by atoms with Gasteiger partial charge in [0.1, 0.15) is 5.75 Å². The fourth-order valence-electron chi connectivity index (χ4n) is 2.10. The lowest BCUT2D eigenvalue weighted by Gasteiger charge is -2.29. The maximum absolute atomic E-state index is 12.1. The second-order valence-corrected chi connectivity index (χ2v) is 4.84. The van der Waals surface area contributed by atoms with E-state index in [1.807, 2.05) is 0 Å². The van der Waals surface area contributed by atoms with Crippen molar-refractivity contribution in [1.29, 1.82) is 0 Å². The van der Waals surface area contributed by atoms with Crippen molar-refractivity contribution in [2.75, 3.05) is 18.4 Å². The van der Waals surface area contributed by atoms with Crippen LogP contribution >= 0.6 is 0 Å². The maximum Gasteiger partial charge on any atom is 0.573 e. The fourth-order valence-corrected chi connectivity index (χ4v) is 2.10. The van der Waals surface area contributed by atoms with E-state index in [4.69, 9.17) is 0 Å². The molecule has 2 atom stereocenters. The van der Waals surface area contributed by atoms with Gasteiger partial charge in [-0.1, -0.05) is 6.07 Å². The fraction of sp³-hybridized carbons (Fsp3) is 0.462. The minimum atomic E-state index is -4.79. The zero-order chi connectivity index (χ0) is 16.2. The summed E-state index contributed by atoms with van der Waals surface area (Å²) in [7, 11) is 0. The molecule has 1 aromatic carbocycles. The van der Waals surface area contributed by atoms with Gasteiger partial charge in [-0.3, -0.25) is 0 Å². The highest BCUT2D eigenvalue weighted by Gasteiger charge is 2.31. The third kappa shape index (κ3) is 5.08.